The van der Waals surface area contributed by atoms with Gasteiger partial charge < -0.3 is 4.74 Å². The zero-order valence-electron chi connectivity index (χ0n) is 23.8. The lowest BCUT2D eigenvalue weighted by atomic mass is 9.77. The molecule has 0 heterocycles. The van der Waals surface area contributed by atoms with E-state index in [4.69, 9.17) is 4.74 Å². The molecule has 2 aromatic rings. The van der Waals surface area contributed by atoms with Gasteiger partial charge in [-0.15, -0.1) is 0 Å². The van der Waals surface area contributed by atoms with E-state index in [0.717, 1.165) is 49.7 Å². The normalized spacial score (nSPS) is 24.2. The largest absolute Gasteiger partial charge is 0.386 e. The molecule has 2 saturated carbocycles. The van der Waals surface area contributed by atoms with Gasteiger partial charge in [0.2, 0.25) is 0 Å². The Labute approximate surface area is 232 Å². The molecular weight excluding hydrogens is 500 g/mol. The second-order valence-electron chi connectivity index (χ2n) is 12.0. The number of halogens is 4. The standard InChI is InChI=1S/C34H46F4O/c1-3-5-6-7-25-10-14-27(15-11-25)28-16-12-26(13-17-28)22-23-39-34(37,38)31-21-20-30(32(35)33(31)36)29-18-8-24(4-2)9-19-29/h12-13,16-17,20-21,24-25,27,29H,3-11,14-15,18-19,22-23H2,1-2H3/t24-,25-,27-,29-. The molecule has 0 bridgehead atoms. The molecule has 39 heavy (non-hydrogen) atoms. The molecule has 216 valence electrons. The van der Waals surface area contributed by atoms with Crippen molar-refractivity contribution in [2.45, 2.75) is 122 Å². The van der Waals surface area contributed by atoms with Crippen molar-refractivity contribution >= 4 is 0 Å². The van der Waals surface area contributed by atoms with E-state index in [2.05, 4.69) is 26.0 Å². The van der Waals surface area contributed by atoms with Crippen LogP contribution in [-0.2, 0) is 17.3 Å². The topological polar surface area (TPSA) is 9.23 Å². The van der Waals surface area contributed by atoms with Crippen molar-refractivity contribution in [1.29, 1.82) is 0 Å². The molecule has 0 amide bonds. The third kappa shape index (κ3) is 7.86. The first-order chi connectivity index (χ1) is 18.8. The zero-order valence-corrected chi connectivity index (χ0v) is 23.8. The van der Waals surface area contributed by atoms with Crippen molar-refractivity contribution in [3.63, 3.8) is 0 Å². The highest BCUT2D eigenvalue weighted by Gasteiger charge is 2.38. The van der Waals surface area contributed by atoms with Crippen LogP contribution in [0.15, 0.2) is 36.4 Å². The molecule has 2 fully saturated rings. The van der Waals surface area contributed by atoms with Crippen molar-refractivity contribution in [2.75, 3.05) is 6.61 Å². The molecular formula is C34H46F4O. The number of unbranched alkanes of at least 4 members (excludes halogenated alkanes) is 2. The van der Waals surface area contributed by atoms with Gasteiger partial charge >= 0.3 is 6.11 Å². The maximum atomic E-state index is 14.9. The Kier molecular flexibility index (Phi) is 10.9. The number of rotatable bonds is 12. The number of alkyl halides is 2. The minimum Gasteiger partial charge on any atom is -0.316 e. The number of ether oxygens (including phenoxy) is 1. The van der Waals surface area contributed by atoms with Crippen molar-refractivity contribution in [1.82, 2.24) is 0 Å². The van der Waals surface area contributed by atoms with E-state index in [1.54, 1.807) is 0 Å². The van der Waals surface area contributed by atoms with Gasteiger partial charge in [0.05, 0.1) is 12.2 Å². The Balaban J connectivity index is 1.27. The molecule has 0 aromatic heterocycles. The van der Waals surface area contributed by atoms with Crippen LogP contribution < -0.4 is 0 Å². The van der Waals surface area contributed by atoms with E-state index in [1.807, 2.05) is 12.1 Å². The Morgan fingerprint density at radius 3 is 2.03 bits per heavy atom. The predicted octanol–water partition coefficient (Wildman–Crippen LogP) is 10.8. The molecule has 1 nitrogen and oxygen atoms in total. The maximum Gasteiger partial charge on any atom is 0.386 e. The second-order valence-corrected chi connectivity index (χ2v) is 12.0. The van der Waals surface area contributed by atoms with Gasteiger partial charge in [0.1, 0.15) is 0 Å². The summed E-state index contributed by atoms with van der Waals surface area (Å²) < 4.78 is 64.0. The maximum absolute atomic E-state index is 14.9. The van der Waals surface area contributed by atoms with Crippen molar-refractivity contribution < 1.29 is 22.3 Å². The summed E-state index contributed by atoms with van der Waals surface area (Å²) in [6.45, 7) is 4.10. The lowest BCUT2D eigenvalue weighted by molar-refractivity contribution is -0.249. The van der Waals surface area contributed by atoms with E-state index in [9.17, 15) is 17.6 Å². The van der Waals surface area contributed by atoms with Crippen LogP contribution in [-0.4, -0.2) is 6.61 Å². The molecule has 2 aliphatic rings. The molecule has 5 heteroatoms. The fourth-order valence-corrected chi connectivity index (χ4v) is 6.78. The van der Waals surface area contributed by atoms with Crippen molar-refractivity contribution in [3.8, 4) is 0 Å². The quantitative estimate of drug-likeness (QED) is 0.190. The molecule has 4 rings (SSSR count). The zero-order chi connectivity index (χ0) is 27.8. The summed E-state index contributed by atoms with van der Waals surface area (Å²) in [7, 11) is 0. The molecule has 0 spiro atoms. The van der Waals surface area contributed by atoms with Crippen LogP contribution in [0.5, 0.6) is 0 Å². The Bertz CT molecular complexity index is 1020. The molecule has 0 aliphatic heterocycles. The highest BCUT2D eigenvalue weighted by Crippen LogP contribution is 2.41. The van der Waals surface area contributed by atoms with Gasteiger partial charge in [-0.05, 0) is 104 Å². The lowest BCUT2D eigenvalue weighted by Gasteiger charge is -2.29. The minimum atomic E-state index is -3.89. The minimum absolute atomic E-state index is 0.116. The first-order valence-corrected chi connectivity index (χ1v) is 15.4. The molecule has 0 saturated heterocycles. The van der Waals surface area contributed by atoms with Crippen LogP contribution in [0.2, 0.25) is 0 Å². The summed E-state index contributed by atoms with van der Waals surface area (Å²) in [5.41, 5.74) is 1.41. The van der Waals surface area contributed by atoms with Crippen LogP contribution in [0.25, 0.3) is 0 Å². The van der Waals surface area contributed by atoms with Gasteiger partial charge in [-0.1, -0.05) is 76.3 Å². The lowest BCUT2D eigenvalue weighted by Crippen LogP contribution is -2.23. The van der Waals surface area contributed by atoms with Gasteiger partial charge in [-0.2, -0.15) is 8.78 Å². The van der Waals surface area contributed by atoms with Gasteiger partial charge in [0.25, 0.3) is 0 Å². The van der Waals surface area contributed by atoms with Crippen LogP contribution in [0.3, 0.4) is 0 Å². The van der Waals surface area contributed by atoms with Gasteiger partial charge in [0.15, 0.2) is 11.6 Å². The first-order valence-electron chi connectivity index (χ1n) is 15.4. The Morgan fingerprint density at radius 2 is 1.38 bits per heavy atom. The van der Waals surface area contributed by atoms with Crippen molar-refractivity contribution in [2.24, 2.45) is 11.8 Å². The van der Waals surface area contributed by atoms with Crippen LogP contribution in [0, 0.1) is 23.5 Å². The monoisotopic (exact) mass is 546 g/mol. The molecule has 0 atom stereocenters. The van der Waals surface area contributed by atoms with E-state index in [1.165, 1.54) is 63.0 Å². The highest BCUT2D eigenvalue weighted by molar-refractivity contribution is 5.31. The molecule has 0 N–H and O–H groups in total. The van der Waals surface area contributed by atoms with E-state index in [-0.39, 0.29) is 24.5 Å². The van der Waals surface area contributed by atoms with Crippen molar-refractivity contribution in [3.05, 3.63) is 70.3 Å². The van der Waals surface area contributed by atoms with Gasteiger partial charge in [-0.25, -0.2) is 8.78 Å². The molecule has 0 radical (unpaired) electrons. The third-order valence-corrected chi connectivity index (χ3v) is 9.48. The molecule has 0 unspecified atom stereocenters. The summed E-state index contributed by atoms with van der Waals surface area (Å²) in [5, 5.41) is 0. The average Bonchev–Trinajstić information content (AvgIpc) is 2.95. The SMILES string of the molecule is CCCCC[C@H]1CC[C@H](c2ccc(CCOC(F)(F)c3ccc([C@H]4CC[C@H](CC)CC4)c(F)c3F)cc2)CC1. The molecule has 2 aromatic carbocycles. The summed E-state index contributed by atoms with van der Waals surface area (Å²) in [6.07, 6.45) is 11.2. The van der Waals surface area contributed by atoms with Crippen LogP contribution in [0.4, 0.5) is 17.6 Å². The van der Waals surface area contributed by atoms with Gasteiger partial charge in [-0.3, -0.25) is 0 Å². The Morgan fingerprint density at radius 1 is 0.744 bits per heavy atom. The average molecular weight is 547 g/mol. The van der Waals surface area contributed by atoms with Crippen LogP contribution >= 0.6 is 0 Å². The van der Waals surface area contributed by atoms with E-state index in [0.29, 0.717) is 11.8 Å². The Hall–Kier alpha value is -1.88. The fraction of sp³-hybridized carbons (Fsp3) is 0.647. The third-order valence-electron chi connectivity index (χ3n) is 9.48. The molecule has 2 aliphatic carbocycles. The number of hydrogen-bond donors (Lipinski definition) is 0. The van der Waals surface area contributed by atoms with Gasteiger partial charge in [0, 0.05) is 0 Å². The summed E-state index contributed by atoms with van der Waals surface area (Å²) >= 11 is 0. The highest BCUT2D eigenvalue weighted by atomic mass is 19.3. The van der Waals surface area contributed by atoms with E-state index >= 15 is 0 Å². The fourth-order valence-electron chi connectivity index (χ4n) is 6.78. The van der Waals surface area contributed by atoms with Crippen LogP contribution in [0.1, 0.15) is 131 Å². The van der Waals surface area contributed by atoms with E-state index < -0.39 is 23.3 Å². The number of benzene rings is 2. The summed E-state index contributed by atoms with van der Waals surface area (Å²) in [4.78, 5) is 0. The number of hydrogen-bond acceptors (Lipinski definition) is 1. The summed E-state index contributed by atoms with van der Waals surface area (Å²) in [5.74, 6) is -0.705. The summed E-state index contributed by atoms with van der Waals surface area (Å²) in [6, 6.07) is 10.5. The predicted molar refractivity (Wildman–Crippen MR) is 150 cm³/mol. The first kappa shape index (κ1) is 30.1. The smallest absolute Gasteiger partial charge is 0.316 e. The second kappa shape index (κ2) is 14.1.